The van der Waals surface area contributed by atoms with Crippen LogP contribution in [0.2, 0.25) is 5.28 Å². The van der Waals surface area contributed by atoms with Crippen LogP contribution in [0.5, 0.6) is 0 Å². The highest BCUT2D eigenvalue weighted by Gasteiger charge is 2.45. The lowest BCUT2D eigenvalue weighted by Crippen LogP contribution is -2.42. The predicted molar refractivity (Wildman–Crippen MR) is 91.1 cm³/mol. The Kier molecular flexibility index (Phi) is 4.31. The van der Waals surface area contributed by atoms with Gasteiger partial charge in [-0.2, -0.15) is 0 Å². The predicted octanol–water partition coefficient (Wildman–Crippen LogP) is 3.11. The molecule has 3 heterocycles. The second kappa shape index (κ2) is 6.14. The molecule has 1 aliphatic rings. The van der Waals surface area contributed by atoms with E-state index < -0.39 is 11.5 Å². The molecule has 1 aliphatic heterocycles. The Morgan fingerprint density at radius 3 is 2.83 bits per heavy atom. The average Bonchev–Trinajstić information content (AvgIpc) is 3.04. The molecule has 2 aromatic rings. The van der Waals surface area contributed by atoms with Crippen molar-refractivity contribution in [1.82, 2.24) is 14.9 Å². The zero-order chi connectivity index (χ0) is 17.5. The van der Waals surface area contributed by atoms with Crippen LogP contribution in [0.25, 0.3) is 10.6 Å². The minimum absolute atomic E-state index is 0.0598. The van der Waals surface area contributed by atoms with Crippen molar-refractivity contribution in [2.24, 2.45) is 0 Å². The minimum Gasteiger partial charge on any atom is -0.465 e. The first-order valence-corrected chi connectivity index (χ1v) is 8.65. The van der Waals surface area contributed by atoms with E-state index in [2.05, 4.69) is 9.97 Å². The van der Waals surface area contributed by atoms with E-state index in [1.807, 2.05) is 13.8 Å². The maximum Gasteiger partial charge on any atom is 0.325 e. The molecule has 126 valence electrons. The van der Waals surface area contributed by atoms with Crippen LogP contribution in [0.3, 0.4) is 0 Å². The third-order valence-corrected chi connectivity index (χ3v) is 5.56. The van der Waals surface area contributed by atoms with Crippen LogP contribution < -0.4 is 0 Å². The summed E-state index contributed by atoms with van der Waals surface area (Å²) in [6, 6.07) is 3.55. The molecule has 0 saturated heterocycles. The van der Waals surface area contributed by atoms with Gasteiger partial charge in [-0.3, -0.25) is 9.59 Å². The number of amides is 1. The maximum atomic E-state index is 12.7. The van der Waals surface area contributed by atoms with Crippen molar-refractivity contribution in [3.05, 3.63) is 34.1 Å². The lowest BCUT2D eigenvalue weighted by molar-refractivity contribution is -0.144. The number of halogens is 1. The van der Waals surface area contributed by atoms with E-state index in [1.165, 1.54) is 11.3 Å². The van der Waals surface area contributed by atoms with Gasteiger partial charge in [0.15, 0.2) is 0 Å². The number of rotatable bonds is 4. The fraction of sp³-hybridized carbons (Fsp3) is 0.375. The molecule has 2 aromatic heterocycles. The van der Waals surface area contributed by atoms with E-state index in [9.17, 15) is 9.59 Å². The van der Waals surface area contributed by atoms with Crippen molar-refractivity contribution >= 4 is 34.8 Å². The summed E-state index contributed by atoms with van der Waals surface area (Å²) in [4.78, 5) is 35.9. The average molecular weight is 366 g/mol. The lowest BCUT2D eigenvalue weighted by atomic mass is 10.0. The van der Waals surface area contributed by atoms with Crippen LogP contribution in [-0.4, -0.2) is 39.9 Å². The van der Waals surface area contributed by atoms with Crippen LogP contribution in [-0.2, 0) is 15.1 Å². The number of thiophene rings is 1. The van der Waals surface area contributed by atoms with E-state index in [-0.39, 0.29) is 17.7 Å². The molecule has 0 N–H and O–H groups in total. The van der Waals surface area contributed by atoms with E-state index in [4.69, 9.17) is 16.3 Å². The number of esters is 1. The summed E-state index contributed by atoms with van der Waals surface area (Å²) in [5, 5.41) is 0.163. The fourth-order valence-corrected chi connectivity index (χ4v) is 4.11. The Balaban J connectivity index is 1.94. The van der Waals surface area contributed by atoms with E-state index in [0.717, 1.165) is 9.75 Å². The number of aromatic nitrogens is 2. The molecule has 0 unspecified atom stereocenters. The third-order valence-electron chi connectivity index (χ3n) is 3.91. The van der Waals surface area contributed by atoms with Gasteiger partial charge in [-0.25, -0.2) is 9.97 Å². The Bertz CT molecular complexity index is 819. The van der Waals surface area contributed by atoms with Gasteiger partial charge < -0.3 is 9.64 Å². The Labute approximate surface area is 148 Å². The molecule has 0 atom stereocenters. The molecular weight excluding hydrogens is 350 g/mol. The fourth-order valence-electron chi connectivity index (χ4n) is 2.73. The molecule has 0 spiro atoms. The van der Waals surface area contributed by atoms with Crippen LogP contribution >= 0.6 is 22.9 Å². The van der Waals surface area contributed by atoms with Gasteiger partial charge in [-0.05, 0) is 44.5 Å². The zero-order valence-corrected chi connectivity index (χ0v) is 15.1. The van der Waals surface area contributed by atoms with Crippen LogP contribution in [0.4, 0.5) is 0 Å². The highest BCUT2D eigenvalue weighted by atomic mass is 35.5. The summed E-state index contributed by atoms with van der Waals surface area (Å²) in [5.74, 6) is -0.581. The highest BCUT2D eigenvalue weighted by molar-refractivity contribution is 7.16. The SMILES string of the molecule is CCOC(=O)CN1C(=O)c2cc(-c3ccnc(Cl)n3)sc2C1(C)C. The molecule has 0 saturated carbocycles. The molecule has 8 heteroatoms. The van der Waals surface area contributed by atoms with Crippen molar-refractivity contribution in [3.63, 3.8) is 0 Å². The number of nitrogens with zero attached hydrogens (tertiary/aromatic N) is 3. The standard InChI is InChI=1S/C16H16ClN3O3S/c1-4-23-12(21)8-20-14(22)9-7-11(24-13(9)16(20,2)3)10-5-6-18-15(17)19-10/h5-7H,4,8H2,1-3H3. The monoisotopic (exact) mass is 365 g/mol. The number of hydrogen-bond donors (Lipinski definition) is 0. The summed E-state index contributed by atoms with van der Waals surface area (Å²) in [6.45, 7) is 5.81. The summed E-state index contributed by atoms with van der Waals surface area (Å²) in [5.41, 5.74) is 0.688. The second-order valence-corrected chi connectivity index (χ2v) is 7.21. The van der Waals surface area contributed by atoms with Crippen LogP contribution in [0.1, 0.15) is 36.0 Å². The molecule has 0 bridgehead atoms. The summed E-state index contributed by atoms with van der Waals surface area (Å²) >= 11 is 7.32. The van der Waals surface area contributed by atoms with Gasteiger partial charge in [0.25, 0.3) is 5.91 Å². The van der Waals surface area contributed by atoms with Gasteiger partial charge in [0.2, 0.25) is 5.28 Å². The van der Waals surface area contributed by atoms with E-state index >= 15 is 0 Å². The van der Waals surface area contributed by atoms with Crippen molar-refractivity contribution in [3.8, 4) is 10.6 Å². The van der Waals surface area contributed by atoms with Gasteiger partial charge >= 0.3 is 5.97 Å². The number of hydrogen-bond acceptors (Lipinski definition) is 6. The van der Waals surface area contributed by atoms with Gasteiger partial charge in [0.1, 0.15) is 6.54 Å². The topological polar surface area (TPSA) is 72.4 Å². The number of carbonyl (C=O) groups is 2. The first-order valence-electron chi connectivity index (χ1n) is 7.45. The Morgan fingerprint density at radius 1 is 1.46 bits per heavy atom. The van der Waals surface area contributed by atoms with Gasteiger partial charge in [-0.15, -0.1) is 11.3 Å². The van der Waals surface area contributed by atoms with Crippen LogP contribution in [0, 0.1) is 0 Å². The van der Waals surface area contributed by atoms with Crippen molar-refractivity contribution < 1.29 is 14.3 Å². The third kappa shape index (κ3) is 2.78. The zero-order valence-electron chi connectivity index (χ0n) is 13.5. The first kappa shape index (κ1) is 16.9. The Hall–Kier alpha value is -1.99. The summed E-state index contributed by atoms with van der Waals surface area (Å²) in [6.07, 6.45) is 1.58. The smallest absolute Gasteiger partial charge is 0.325 e. The molecular formula is C16H16ClN3O3S. The van der Waals surface area contributed by atoms with Gasteiger partial charge in [-0.1, -0.05) is 0 Å². The number of fused-ring (bicyclic) bond motifs is 1. The molecule has 24 heavy (non-hydrogen) atoms. The molecule has 1 amide bonds. The second-order valence-electron chi connectivity index (χ2n) is 5.82. The van der Waals surface area contributed by atoms with Crippen molar-refractivity contribution in [2.45, 2.75) is 26.3 Å². The Morgan fingerprint density at radius 2 is 2.21 bits per heavy atom. The maximum absolute atomic E-state index is 12.7. The van der Waals surface area contributed by atoms with Crippen molar-refractivity contribution in [1.29, 1.82) is 0 Å². The first-order chi connectivity index (χ1) is 11.3. The molecule has 6 nitrogen and oxygen atoms in total. The molecule has 0 radical (unpaired) electrons. The molecule has 0 fully saturated rings. The number of carbonyl (C=O) groups excluding carboxylic acids is 2. The summed E-state index contributed by atoms with van der Waals surface area (Å²) in [7, 11) is 0. The number of ether oxygens (including phenoxy) is 1. The van der Waals surface area contributed by atoms with Crippen molar-refractivity contribution in [2.75, 3.05) is 13.2 Å². The normalized spacial score (nSPS) is 15.5. The quantitative estimate of drug-likeness (QED) is 0.615. The summed E-state index contributed by atoms with van der Waals surface area (Å²) < 4.78 is 4.97. The largest absolute Gasteiger partial charge is 0.465 e. The lowest BCUT2D eigenvalue weighted by Gasteiger charge is -2.31. The minimum atomic E-state index is -0.584. The van der Waals surface area contributed by atoms with E-state index in [0.29, 0.717) is 17.9 Å². The van der Waals surface area contributed by atoms with Gasteiger partial charge in [0.05, 0.1) is 28.3 Å². The van der Waals surface area contributed by atoms with Crippen LogP contribution in [0.15, 0.2) is 18.3 Å². The van der Waals surface area contributed by atoms with Gasteiger partial charge in [0, 0.05) is 11.1 Å². The molecule has 3 rings (SSSR count). The molecule has 0 aliphatic carbocycles. The molecule has 0 aromatic carbocycles. The van der Waals surface area contributed by atoms with E-state index in [1.54, 1.807) is 30.2 Å². The highest BCUT2D eigenvalue weighted by Crippen LogP contribution is 2.45.